The summed E-state index contributed by atoms with van der Waals surface area (Å²) in [6.45, 7) is 4.62. The standard InChI is InChI=1S/C27H27N3O3S/c1-18(2)17-30-26(32)22-14-7-8-15-23(22)29-27(30)34-24(19-10-5-4-6-11-19)25(31)28-20-12-9-13-21(16-20)33-3/h4-16,18,24H,17H2,1-3H3,(H,28,31)/t24-/m0/s1. The lowest BCUT2D eigenvalue weighted by molar-refractivity contribution is -0.115. The van der Waals surface area contributed by atoms with Crippen molar-refractivity contribution in [3.8, 4) is 5.75 Å². The first-order valence-corrected chi connectivity index (χ1v) is 12.0. The highest BCUT2D eigenvalue weighted by Gasteiger charge is 2.25. The molecule has 1 heterocycles. The van der Waals surface area contributed by atoms with Crippen LogP contribution in [0.25, 0.3) is 10.9 Å². The highest BCUT2D eigenvalue weighted by atomic mass is 32.2. The molecular weight excluding hydrogens is 446 g/mol. The van der Waals surface area contributed by atoms with E-state index in [0.29, 0.717) is 34.0 Å². The molecule has 0 saturated heterocycles. The van der Waals surface area contributed by atoms with E-state index in [0.717, 1.165) is 5.56 Å². The number of rotatable bonds is 8. The predicted molar refractivity (Wildman–Crippen MR) is 138 cm³/mol. The molecular formula is C27H27N3O3S. The maximum atomic E-state index is 13.5. The number of amides is 1. The second-order valence-electron chi connectivity index (χ2n) is 8.35. The van der Waals surface area contributed by atoms with Gasteiger partial charge in [-0.3, -0.25) is 14.2 Å². The number of aromatic nitrogens is 2. The van der Waals surface area contributed by atoms with Gasteiger partial charge in [0.15, 0.2) is 5.16 Å². The zero-order valence-electron chi connectivity index (χ0n) is 19.4. The molecule has 6 nitrogen and oxygen atoms in total. The highest BCUT2D eigenvalue weighted by Crippen LogP contribution is 2.36. The topological polar surface area (TPSA) is 73.2 Å². The van der Waals surface area contributed by atoms with Crippen LogP contribution in [0.4, 0.5) is 5.69 Å². The molecule has 0 unspecified atom stereocenters. The quantitative estimate of drug-likeness (QED) is 0.269. The van der Waals surface area contributed by atoms with Crippen LogP contribution in [0.3, 0.4) is 0 Å². The Kier molecular flexibility index (Phi) is 7.33. The van der Waals surface area contributed by atoms with Crippen molar-refractivity contribution in [2.24, 2.45) is 5.92 Å². The van der Waals surface area contributed by atoms with Crippen LogP contribution >= 0.6 is 11.8 Å². The second kappa shape index (κ2) is 10.6. The minimum Gasteiger partial charge on any atom is -0.497 e. The number of ether oxygens (including phenoxy) is 1. The van der Waals surface area contributed by atoms with Gasteiger partial charge in [0.25, 0.3) is 5.56 Å². The van der Waals surface area contributed by atoms with Crippen LogP contribution in [0.5, 0.6) is 5.75 Å². The molecule has 1 N–H and O–H groups in total. The highest BCUT2D eigenvalue weighted by molar-refractivity contribution is 8.00. The number of benzene rings is 3. The van der Waals surface area contributed by atoms with E-state index in [1.165, 1.54) is 11.8 Å². The number of hydrogen-bond donors (Lipinski definition) is 1. The van der Waals surface area contributed by atoms with Crippen molar-refractivity contribution in [1.29, 1.82) is 0 Å². The molecule has 0 spiro atoms. The summed E-state index contributed by atoms with van der Waals surface area (Å²) in [6.07, 6.45) is 0. The molecule has 4 rings (SSSR count). The Labute approximate surface area is 203 Å². The summed E-state index contributed by atoms with van der Waals surface area (Å²) < 4.78 is 6.97. The van der Waals surface area contributed by atoms with E-state index in [1.54, 1.807) is 23.8 Å². The number of thioether (sulfide) groups is 1. The van der Waals surface area contributed by atoms with Crippen molar-refractivity contribution in [3.63, 3.8) is 0 Å². The number of carbonyl (C=O) groups excluding carboxylic acids is 1. The van der Waals surface area contributed by atoms with Gasteiger partial charge in [0.2, 0.25) is 5.91 Å². The SMILES string of the molecule is COc1cccc(NC(=O)[C@@H](Sc2nc3ccccc3c(=O)n2CC(C)C)c2ccccc2)c1. The maximum absolute atomic E-state index is 13.5. The lowest BCUT2D eigenvalue weighted by Crippen LogP contribution is -2.27. The molecule has 1 aromatic heterocycles. The fourth-order valence-electron chi connectivity index (χ4n) is 3.68. The third-order valence-electron chi connectivity index (χ3n) is 5.28. The molecule has 0 aliphatic carbocycles. The first-order valence-electron chi connectivity index (χ1n) is 11.1. The number of carbonyl (C=O) groups is 1. The second-order valence-corrected chi connectivity index (χ2v) is 9.42. The van der Waals surface area contributed by atoms with E-state index >= 15 is 0 Å². The lowest BCUT2D eigenvalue weighted by Gasteiger charge is -2.20. The number of anilines is 1. The third-order valence-corrected chi connectivity index (χ3v) is 6.52. The van der Waals surface area contributed by atoms with Gasteiger partial charge in [-0.05, 0) is 35.7 Å². The van der Waals surface area contributed by atoms with E-state index in [9.17, 15) is 9.59 Å². The number of para-hydroxylation sites is 1. The molecule has 34 heavy (non-hydrogen) atoms. The van der Waals surface area contributed by atoms with Crippen molar-refractivity contribution < 1.29 is 9.53 Å². The Balaban J connectivity index is 1.76. The Morgan fingerprint density at radius 2 is 1.76 bits per heavy atom. The van der Waals surface area contributed by atoms with Gasteiger partial charge in [0.1, 0.15) is 11.0 Å². The number of fused-ring (bicyclic) bond motifs is 1. The van der Waals surface area contributed by atoms with E-state index in [1.807, 2.05) is 66.7 Å². The Bertz CT molecular complexity index is 1350. The van der Waals surface area contributed by atoms with Gasteiger partial charge in [0, 0.05) is 18.3 Å². The molecule has 1 amide bonds. The maximum Gasteiger partial charge on any atom is 0.262 e. The molecule has 0 fully saturated rings. The fraction of sp³-hybridized carbons (Fsp3) is 0.222. The molecule has 174 valence electrons. The van der Waals surface area contributed by atoms with Gasteiger partial charge >= 0.3 is 0 Å². The van der Waals surface area contributed by atoms with Crippen molar-refractivity contribution in [3.05, 3.63) is 94.8 Å². The van der Waals surface area contributed by atoms with Gasteiger partial charge in [-0.1, -0.05) is 74.1 Å². The molecule has 4 aromatic rings. The summed E-state index contributed by atoms with van der Waals surface area (Å²) in [7, 11) is 1.59. The number of methoxy groups -OCH3 is 1. The summed E-state index contributed by atoms with van der Waals surface area (Å²) in [5.41, 5.74) is 1.99. The molecule has 0 aliphatic heterocycles. The van der Waals surface area contributed by atoms with E-state index in [2.05, 4.69) is 19.2 Å². The summed E-state index contributed by atoms with van der Waals surface area (Å²) in [6, 6.07) is 24.1. The molecule has 3 aromatic carbocycles. The molecule has 1 atom stereocenters. The van der Waals surface area contributed by atoms with Crippen LogP contribution in [0.15, 0.2) is 88.8 Å². The zero-order valence-corrected chi connectivity index (χ0v) is 20.2. The fourth-order valence-corrected chi connectivity index (χ4v) is 4.78. The van der Waals surface area contributed by atoms with Crippen molar-refractivity contribution in [2.75, 3.05) is 12.4 Å². The first kappa shape index (κ1) is 23.6. The van der Waals surface area contributed by atoms with E-state index < -0.39 is 5.25 Å². The average Bonchev–Trinajstić information content (AvgIpc) is 2.85. The largest absolute Gasteiger partial charge is 0.497 e. The average molecular weight is 474 g/mol. The summed E-state index contributed by atoms with van der Waals surface area (Å²) in [5, 5.41) is 3.47. The molecule has 0 saturated carbocycles. The van der Waals surface area contributed by atoms with Crippen LogP contribution in [0.1, 0.15) is 24.7 Å². The van der Waals surface area contributed by atoms with Gasteiger partial charge in [-0.15, -0.1) is 0 Å². The monoisotopic (exact) mass is 473 g/mol. The smallest absolute Gasteiger partial charge is 0.262 e. The summed E-state index contributed by atoms with van der Waals surface area (Å²) in [4.78, 5) is 31.6. The number of nitrogens with one attached hydrogen (secondary N) is 1. The number of hydrogen-bond acceptors (Lipinski definition) is 5. The normalized spacial score (nSPS) is 12.0. The van der Waals surface area contributed by atoms with Crippen LogP contribution in [-0.2, 0) is 11.3 Å². The zero-order chi connectivity index (χ0) is 24.1. The minimum absolute atomic E-state index is 0.0955. The van der Waals surface area contributed by atoms with Crippen LogP contribution < -0.4 is 15.6 Å². The van der Waals surface area contributed by atoms with Crippen molar-refractivity contribution in [1.82, 2.24) is 9.55 Å². The van der Waals surface area contributed by atoms with Crippen molar-refractivity contribution >= 4 is 34.3 Å². The minimum atomic E-state index is -0.612. The Morgan fingerprint density at radius 1 is 1.03 bits per heavy atom. The molecule has 0 aliphatic rings. The molecule has 0 bridgehead atoms. The van der Waals surface area contributed by atoms with Gasteiger partial charge in [0.05, 0.1) is 18.0 Å². The lowest BCUT2D eigenvalue weighted by atomic mass is 10.1. The van der Waals surface area contributed by atoms with Gasteiger partial charge < -0.3 is 10.1 Å². The predicted octanol–water partition coefficient (Wildman–Crippen LogP) is 5.53. The van der Waals surface area contributed by atoms with Gasteiger partial charge in [-0.2, -0.15) is 0 Å². The van der Waals surface area contributed by atoms with Gasteiger partial charge in [-0.25, -0.2) is 4.98 Å². The Morgan fingerprint density at radius 3 is 2.50 bits per heavy atom. The van der Waals surface area contributed by atoms with Crippen LogP contribution in [0, 0.1) is 5.92 Å². The molecule has 0 radical (unpaired) electrons. The van der Waals surface area contributed by atoms with E-state index in [-0.39, 0.29) is 17.4 Å². The van der Waals surface area contributed by atoms with Crippen molar-refractivity contribution in [2.45, 2.75) is 30.8 Å². The molecule has 7 heteroatoms. The summed E-state index contributed by atoms with van der Waals surface area (Å²) >= 11 is 1.29. The Hall–Kier alpha value is -3.58. The van der Waals surface area contributed by atoms with Crippen LogP contribution in [-0.4, -0.2) is 22.6 Å². The summed E-state index contributed by atoms with van der Waals surface area (Å²) in [5.74, 6) is 0.687. The third kappa shape index (κ3) is 5.31. The number of nitrogens with zero attached hydrogens (tertiary/aromatic N) is 2. The van der Waals surface area contributed by atoms with E-state index in [4.69, 9.17) is 9.72 Å². The van der Waals surface area contributed by atoms with Crippen LogP contribution in [0.2, 0.25) is 0 Å². The first-order chi connectivity index (χ1) is 16.5.